The SMILES string of the molecule is CNc1ccnc(Nc2cnc(OC)c(OCC3CCN(C)C3)c2)n1. The Morgan fingerprint density at radius 1 is 1.36 bits per heavy atom. The number of anilines is 3. The molecule has 1 aliphatic rings. The Hall–Kier alpha value is -2.61. The molecule has 1 saturated heterocycles. The van der Waals surface area contributed by atoms with Gasteiger partial charge in [0, 0.05) is 31.8 Å². The molecule has 8 nitrogen and oxygen atoms in total. The Morgan fingerprint density at radius 3 is 2.96 bits per heavy atom. The predicted molar refractivity (Wildman–Crippen MR) is 96.7 cm³/mol. The van der Waals surface area contributed by atoms with Gasteiger partial charge in [-0.15, -0.1) is 0 Å². The molecule has 0 spiro atoms. The van der Waals surface area contributed by atoms with E-state index >= 15 is 0 Å². The van der Waals surface area contributed by atoms with E-state index in [1.54, 1.807) is 25.6 Å². The first kappa shape index (κ1) is 17.2. The Kier molecular flexibility index (Phi) is 5.49. The van der Waals surface area contributed by atoms with Crippen molar-refractivity contribution >= 4 is 17.5 Å². The molecule has 2 N–H and O–H groups in total. The van der Waals surface area contributed by atoms with E-state index < -0.39 is 0 Å². The first-order chi connectivity index (χ1) is 12.2. The average molecular weight is 344 g/mol. The summed E-state index contributed by atoms with van der Waals surface area (Å²) in [4.78, 5) is 15.2. The van der Waals surface area contributed by atoms with Crippen LogP contribution in [0.15, 0.2) is 24.5 Å². The van der Waals surface area contributed by atoms with Crippen LogP contribution in [0.3, 0.4) is 0 Å². The number of aromatic nitrogens is 3. The molecule has 3 rings (SSSR count). The highest BCUT2D eigenvalue weighted by Gasteiger charge is 2.21. The number of rotatable bonds is 7. The molecule has 1 unspecified atom stereocenters. The third kappa shape index (κ3) is 4.48. The van der Waals surface area contributed by atoms with Gasteiger partial charge in [0.1, 0.15) is 5.82 Å². The van der Waals surface area contributed by atoms with E-state index in [0.29, 0.717) is 30.1 Å². The third-order valence-electron chi connectivity index (χ3n) is 4.14. The van der Waals surface area contributed by atoms with Crippen molar-refractivity contribution in [1.82, 2.24) is 19.9 Å². The molecule has 0 bridgehead atoms. The van der Waals surface area contributed by atoms with Crippen molar-refractivity contribution in [2.24, 2.45) is 5.92 Å². The van der Waals surface area contributed by atoms with Gasteiger partial charge in [-0.2, -0.15) is 4.98 Å². The zero-order chi connectivity index (χ0) is 17.6. The maximum atomic E-state index is 5.98. The number of ether oxygens (including phenoxy) is 2. The monoisotopic (exact) mass is 344 g/mol. The molecule has 3 heterocycles. The van der Waals surface area contributed by atoms with Crippen molar-refractivity contribution in [3.05, 3.63) is 24.5 Å². The van der Waals surface area contributed by atoms with E-state index in [-0.39, 0.29) is 0 Å². The van der Waals surface area contributed by atoms with Gasteiger partial charge in [-0.05, 0) is 26.1 Å². The summed E-state index contributed by atoms with van der Waals surface area (Å²) in [5.41, 5.74) is 0.743. The summed E-state index contributed by atoms with van der Waals surface area (Å²) in [5.74, 6) is 2.85. The van der Waals surface area contributed by atoms with Crippen LogP contribution >= 0.6 is 0 Å². The first-order valence-electron chi connectivity index (χ1n) is 8.31. The minimum Gasteiger partial charge on any atom is -0.488 e. The maximum Gasteiger partial charge on any atom is 0.256 e. The molecule has 1 fully saturated rings. The highest BCUT2D eigenvalue weighted by molar-refractivity contribution is 5.57. The third-order valence-corrected chi connectivity index (χ3v) is 4.14. The Labute approximate surface area is 147 Å². The second-order valence-corrected chi connectivity index (χ2v) is 6.10. The lowest BCUT2D eigenvalue weighted by molar-refractivity contribution is 0.236. The summed E-state index contributed by atoms with van der Waals surface area (Å²) in [5, 5.41) is 6.12. The summed E-state index contributed by atoms with van der Waals surface area (Å²) in [7, 11) is 5.53. The fraction of sp³-hybridized carbons (Fsp3) is 0.471. The largest absolute Gasteiger partial charge is 0.488 e. The van der Waals surface area contributed by atoms with Crippen LogP contribution in [0, 0.1) is 5.92 Å². The Morgan fingerprint density at radius 2 is 2.24 bits per heavy atom. The minimum atomic E-state index is 0.474. The Balaban J connectivity index is 1.70. The summed E-state index contributed by atoms with van der Waals surface area (Å²) in [6, 6.07) is 3.66. The van der Waals surface area contributed by atoms with E-state index in [1.807, 2.05) is 13.1 Å². The van der Waals surface area contributed by atoms with Crippen LogP contribution in [0.2, 0.25) is 0 Å². The van der Waals surface area contributed by atoms with Crippen LogP contribution in [-0.2, 0) is 0 Å². The van der Waals surface area contributed by atoms with Gasteiger partial charge in [0.25, 0.3) is 5.88 Å². The fourth-order valence-electron chi connectivity index (χ4n) is 2.81. The maximum absolute atomic E-state index is 5.98. The lowest BCUT2D eigenvalue weighted by Crippen LogP contribution is -2.18. The smallest absolute Gasteiger partial charge is 0.256 e. The molecule has 8 heteroatoms. The van der Waals surface area contributed by atoms with Crippen molar-refractivity contribution in [2.45, 2.75) is 6.42 Å². The summed E-state index contributed by atoms with van der Waals surface area (Å²) in [6.07, 6.45) is 4.51. The number of hydrogen-bond acceptors (Lipinski definition) is 8. The van der Waals surface area contributed by atoms with Crippen LogP contribution in [0.5, 0.6) is 11.6 Å². The van der Waals surface area contributed by atoms with E-state index in [2.05, 4.69) is 37.5 Å². The Bertz CT molecular complexity index is 711. The van der Waals surface area contributed by atoms with Crippen LogP contribution in [-0.4, -0.2) is 60.8 Å². The van der Waals surface area contributed by atoms with E-state index in [0.717, 1.165) is 31.0 Å². The minimum absolute atomic E-state index is 0.474. The standard InChI is InChI=1S/C17H24N6O2/c1-18-15-4-6-19-17(22-15)21-13-8-14(16(24-3)20-9-13)25-11-12-5-7-23(2)10-12/h4,6,8-9,12H,5,7,10-11H2,1-3H3,(H2,18,19,21,22). The molecule has 0 aliphatic carbocycles. The van der Waals surface area contributed by atoms with Crippen molar-refractivity contribution in [3.8, 4) is 11.6 Å². The number of methoxy groups -OCH3 is 1. The normalized spacial score (nSPS) is 17.3. The summed E-state index contributed by atoms with van der Waals surface area (Å²) < 4.78 is 11.3. The molecule has 0 saturated carbocycles. The second kappa shape index (κ2) is 7.98. The number of likely N-dealkylation sites (tertiary alicyclic amines) is 1. The molecule has 2 aromatic rings. The van der Waals surface area contributed by atoms with Gasteiger partial charge in [0.05, 0.1) is 25.6 Å². The van der Waals surface area contributed by atoms with Crippen molar-refractivity contribution in [1.29, 1.82) is 0 Å². The second-order valence-electron chi connectivity index (χ2n) is 6.10. The zero-order valence-corrected chi connectivity index (χ0v) is 14.8. The molecule has 0 radical (unpaired) electrons. The van der Waals surface area contributed by atoms with Gasteiger partial charge in [-0.25, -0.2) is 9.97 Å². The number of nitrogens with zero attached hydrogens (tertiary/aromatic N) is 4. The van der Waals surface area contributed by atoms with Crippen LogP contribution in [0.4, 0.5) is 17.5 Å². The average Bonchev–Trinajstić information content (AvgIpc) is 3.05. The van der Waals surface area contributed by atoms with Crippen LogP contribution in [0.25, 0.3) is 0 Å². The van der Waals surface area contributed by atoms with Gasteiger partial charge in [-0.1, -0.05) is 0 Å². The quantitative estimate of drug-likeness (QED) is 0.789. The highest BCUT2D eigenvalue weighted by atomic mass is 16.5. The summed E-state index contributed by atoms with van der Waals surface area (Å²) in [6.45, 7) is 2.82. The highest BCUT2D eigenvalue weighted by Crippen LogP contribution is 2.29. The lowest BCUT2D eigenvalue weighted by Gasteiger charge is -2.15. The predicted octanol–water partition coefficient (Wildman–Crippen LogP) is 2.00. The molecular weight excluding hydrogens is 320 g/mol. The fourth-order valence-corrected chi connectivity index (χ4v) is 2.81. The van der Waals surface area contributed by atoms with Crippen LogP contribution in [0.1, 0.15) is 6.42 Å². The van der Waals surface area contributed by atoms with Crippen molar-refractivity contribution in [3.63, 3.8) is 0 Å². The van der Waals surface area contributed by atoms with Gasteiger partial charge in [-0.3, -0.25) is 0 Å². The molecule has 2 aromatic heterocycles. The van der Waals surface area contributed by atoms with Gasteiger partial charge in [0.15, 0.2) is 5.75 Å². The number of nitrogens with one attached hydrogen (secondary N) is 2. The van der Waals surface area contributed by atoms with Gasteiger partial charge in [0.2, 0.25) is 5.95 Å². The molecule has 25 heavy (non-hydrogen) atoms. The molecule has 1 atom stereocenters. The van der Waals surface area contributed by atoms with Gasteiger partial charge < -0.3 is 25.0 Å². The number of hydrogen-bond donors (Lipinski definition) is 2. The van der Waals surface area contributed by atoms with Crippen molar-refractivity contribution < 1.29 is 9.47 Å². The molecule has 134 valence electrons. The topological polar surface area (TPSA) is 84.4 Å². The van der Waals surface area contributed by atoms with E-state index in [1.165, 1.54) is 0 Å². The molecule has 1 aliphatic heterocycles. The van der Waals surface area contributed by atoms with Crippen LogP contribution < -0.4 is 20.1 Å². The molecule has 0 aromatic carbocycles. The van der Waals surface area contributed by atoms with E-state index in [9.17, 15) is 0 Å². The molecular formula is C17H24N6O2. The van der Waals surface area contributed by atoms with E-state index in [4.69, 9.17) is 9.47 Å². The van der Waals surface area contributed by atoms with Gasteiger partial charge >= 0.3 is 0 Å². The van der Waals surface area contributed by atoms with Crippen molar-refractivity contribution in [2.75, 3.05) is 51.5 Å². The number of pyridine rings is 1. The zero-order valence-electron chi connectivity index (χ0n) is 14.8. The summed E-state index contributed by atoms with van der Waals surface area (Å²) >= 11 is 0. The molecule has 0 amide bonds. The lowest BCUT2D eigenvalue weighted by atomic mass is 10.1. The first-order valence-corrected chi connectivity index (χ1v) is 8.31.